The van der Waals surface area contributed by atoms with Crippen LogP contribution in [0.4, 0.5) is 0 Å². The summed E-state index contributed by atoms with van der Waals surface area (Å²) in [6, 6.07) is 7.98. The molecule has 2 aliphatic rings. The number of piperidine rings is 1. The maximum Gasteiger partial charge on any atom is 0.229 e. The van der Waals surface area contributed by atoms with Crippen LogP contribution in [0.3, 0.4) is 0 Å². The van der Waals surface area contributed by atoms with Gasteiger partial charge >= 0.3 is 0 Å². The van der Waals surface area contributed by atoms with Crippen LogP contribution in [0.2, 0.25) is 0 Å². The first-order valence-corrected chi connectivity index (χ1v) is 9.72. The van der Waals surface area contributed by atoms with Crippen molar-refractivity contribution in [3.8, 4) is 5.75 Å². The second kappa shape index (κ2) is 8.08. The molecule has 0 spiro atoms. The third-order valence-electron chi connectivity index (χ3n) is 5.55. The maximum absolute atomic E-state index is 12.9. The number of benzene rings is 1. The van der Waals surface area contributed by atoms with E-state index in [1.807, 2.05) is 40.0 Å². The highest BCUT2D eigenvalue weighted by molar-refractivity contribution is 5.80. The Morgan fingerprint density at radius 1 is 1.26 bits per heavy atom. The molecule has 4 rings (SSSR count). The van der Waals surface area contributed by atoms with E-state index in [0.29, 0.717) is 18.9 Å². The van der Waals surface area contributed by atoms with Crippen LogP contribution in [0.1, 0.15) is 24.1 Å². The number of ether oxygens (including phenoxy) is 1. The first kappa shape index (κ1) is 18.0. The lowest BCUT2D eigenvalue weighted by molar-refractivity contribution is -0.138. The quantitative estimate of drug-likeness (QED) is 0.858. The SMILES string of the molecule is O=C(C1COc2ccccc2C1)N1CCC(Cn2cc(CCO)nn2)CC1. The number of aliphatic hydroxyl groups excluding tert-OH is 1. The highest BCUT2D eigenvalue weighted by Gasteiger charge is 2.31. The third-order valence-corrected chi connectivity index (χ3v) is 5.55. The zero-order chi connectivity index (χ0) is 18.6. The van der Waals surface area contributed by atoms with Gasteiger partial charge in [-0.05, 0) is 36.8 Å². The molecule has 3 heterocycles. The second-order valence-electron chi connectivity index (χ2n) is 7.49. The van der Waals surface area contributed by atoms with Crippen LogP contribution in [0.15, 0.2) is 30.5 Å². The fourth-order valence-electron chi connectivity index (χ4n) is 4.00. The van der Waals surface area contributed by atoms with Crippen molar-refractivity contribution in [3.63, 3.8) is 0 Å². The number of nitrogens with zero attached hydrogens (tertiary/aromatic N) is 4. The number of hydrogen-bond acceptors (Lipinski definition) is 5. The fraction of sp³-hybridized carbons (Fsp3) is 0.550. The summed E-state index contributed by atoms with van der Waals surface area (Å²) in [4.78, 5) is 14.9. The van der Waals surface area contributed by atoms with Gasteiger partial charge in [-0.2, -0.15) is 0 Å². The first-order valence-electron chi connectivity index (χ1n) is 9.72. The second-order valence-corrected chi connectivity index (χ2v) is 7.49. The summed E-state index contributed by atoms with van der Waals surface area (Å²) in [6.45, 7) is 2.97. The normalized spacial score (nSPS) is 20.2. The molecule has 27 heavy (non-hydrogen) atoms. The molecule has 1 amide bonds. The van der Waals surface area contributed by atoms with Gasteiger partial charge in [0.2, 0.25) is 5.91 Å². The number of carbonyl (C=O) groups is 1. The van der Waals surface area contributed by atoms with E-state index in [1.54, 1.807) is 0 Å². The zero-order valence-corrected chi connectivity index (χ0v) is 15.5. The molecule has 2 aromatic rings. The van der Waals surface area contributed by atoms with Gasteiger partial charge in [-0.25, -0.2) is 0 Å². The molecule has 1 N–H and O–H groups in total. The van der Waals surface area contributed by atoms with Gasteiger partial charge in [-0.1, -0.05) is 23.4 Å². The number of likely N-dealkylation sites (tertiary alicyclic amines) is 1. The Bertz CT molecular complexity index is 783. The van der Waals surface area contributed by atoms with E-state index >= 15 is 0 Å². The minimum Gasteiger partial charge on any atom is -0.492 e. The number of hydrogen-bond donors (Lipinski definition) is 1. The van der Waals surface area contributed by atoms with E-state index in [9.17, 15) is 4.79 Å². The Balaban J connectivity index is 1.28. The molecular formula is C20H26N4O3. The smallest absolute Gasteiger partial charge is 0.229 e. The Morgan fingerprint density at radius 2 is 2.07 bits per heavy atom. The number of aliphatic hydroxyl groups is 1. The number of rotatable bonds is 5. The maximum atomic E-state index is 12.9. The van der Waals surface area contributed by atoms with Crippen molar-refractivity contribution < 1.29 is 14.6 Å². The number of para-hydroxylation sites is 1. The van der Waals surface area contributed by atoms with Gasteiger partial charge in [0.1, 0.15) is 12.4 Å². The molecule has 0 aliphatic carbocycles. The van der Waals surface area contributed by atoms with Crippen molar-refractivity contribution in [3.05, 3.63) is 41.7 Å². The van der Waals surface area contributed by atoms with E-state index in [1.165, 1.54) is 0 Å². The average Bonchev–Trinajstić information content (AvgIpc) is 3.15. The molecule has 0 bridgehead atoms. The largest absolute Gasteiger partial charge is 0.492 e. The highest BCUT2D eigenvalue weighted by atomic mass is 16.5. The van der Waals surface area contributed by atoms with Crippen molar-refractivity contribution >= 4 is 5.91 Å². The summed E-state index contributed by atoms with van der Waals surface area (Å²) in [5, 5.41) is 17.2. The molecule has 0 saturated carbocycles. The topological polar surface area (TPSA) is 80.5 Å². The Labute approximate surface area is 158 Å². The average molecular weight is 370 g/mol. The fourth-order valence-corrected chi connectivity index (χ4v) is 4.00. The molecule has 1 saturated heterocycles. The minimum atomic E-state index is -0.0761. The van der Waals surface area contributed by atoms with Crippen molar-refractivity contribution in [1.82, 2.24) is 19.9 Å². The zero-order valence-electron chi connectivity index (χ0n) is 15.5. The van der Waals surface area contributed by atoms with Crippen LogP contribution in [0, 0.1) is 11.8 Å². The van der Waals surface area contributed by atoms with Gasteiger partial charge in [-0.3, -0.25) is 9.48 Å². The predicted molar refractivity (Wildman–Crippen MR) is 99.2 cm³/mol. The van der Waals surface area contributed by atoms with Gasteiger partial charge in [0.05, 0.1) is 11.6 Å². The Kier molecular flexibility index (Phi) is 5.38. The van der Waals surface area contributed by atoms with Crippen LogP contribution in [-0.4, -0.2) is 57.2 Å². The summed E-state index contributed by atoms with van der Waals surface area (Å²) >= 11 is 0. The summed E-state index contributed by atoms with van der Waals surface area (Å²) in [5.41, 5.74) is 1.95. The van der Waals surface area contributed by atoms with E-state index in [0.717, 1.165) is 55.9 Å². The molecule has 0 radical (unpaired) electrons. The molecule has 1 aromatic carbocycles. The molecule has 7 heteroatoms. The number of carbonyl (C=O) groups excluding carboxylic acids is 1. The van der Waals surface area contributed by atoms with Gasteiger partial charge < -0.3 is 14.7 Å². The Hall–Kier alpha value is -2.41. The summed E-state index contributed by atoms with van der Waals surface area (Å²) in [7, 11) is 0. The van der Waals surface area contributed by atoms with Crippen LogP contribution >= 0.6 is 0 Å². The van der Waals surface area contributed by atoms with Crippen LogP contribution in [0.25, 0.3) is 0 Å². The van der Waals surface area contributed by atoms with Gasteiger partial charge in [0.25, 0.3) is 0 Å². The number of aromatic nitrogens is 3. The molecule has 1 atom stereocenters. The van der Waals surface area contributed by atoms with Crippen molar-refractivity contribution in [2.24, 2.45) is 11.8 Å². The predicted octanol–water partition coefficient (Wildman–Crippen LogP) is 1.30. The number of fused-ring (bicyclic) bond motifs is 1. The Morgan fingerprint density at radius 3 is 2.89 bits per heavy atom. The first-order chi connectivity index (χ1) is 13.2. The van der Waals surface area contributed by atoms with E-state index in [-0.39, 0.29) is 18.4 Å². The van der Waals surface area contributed by atoms with Crippen molar-refractivity contribution in [2.75, 3.05) is 26.3 Å². The van der Waals surface area contributed by atoms with E-state index < -0.39 is 0 Å². The lowest BCUT2D eigenvalue weighted by Crippen LogP contribution is -2.45. The lowest BCUT2D eigenvalue weighted by atomic mass is 9.92. The van der Waals surface area contributed by atoms with Gasteiger partial charge in [0, 0.05) is 38.9 Å². The van der Waals surface area contributed by atoms with Gasteiger partial charge in [0.15, 0.2) is 0 Å². The number of amides is 1. The summed E-state index contributed by atoms with van der Waals surface area (Å²) < 4.78 is 7.65. The molecule has 1 aromatic heterocycles. The van der Waals surface area contributed by atoms with E-state index in [4.69, 9.17) is 9.84 Å². The third kappa shape index (κ3) is 4.13. The molecule has 2 aliphatic heterocycles. The molecule has 144 valence electrons. The van der Waals surface area contributed by atoms with E-state index in [2.05, 4.69) is 10.3 Å². The van der Waals surface area contributed by atoms with Crippen LogP contribution in [-0.2, 0) is 24.2 Å². The molecule has 7 nitrogen and oxygen atoms in total. The van der Waals surface area contributed by atoms with Crippen molar-refractivity contribution in [1.29, 1.82) is 0 Å². The van der Waals surface area contributed by atoms with Crippen LogP contribution < -0.4 is 4.74 Å². The minimum absolute atomic E-state index is 0.0761. The van der Waals surface area contributed by atoms with Gasteiger partial charge in [-0.15, -0.1) is 5.10 Å². The lowest BCUT2D eigenvalue weighted by Gasteiger charge is -2.35. The summed E-state index contributed by atoms with van der Waals surface area (Å²) in [6.07, 6.45) is 5.17. The monoisotopic (exact) mass is 370 g/mol. The molecule has 1 unspecified atom stereocenters. The van der Waals surface area contributed by atoms with Crippen molar-refractivity contribution in [2.45, 2.75) is 32.2 Å². The van der Waals surface area contributed by atoms with Crippen LogP contribution in [0.5, 0.6) is 5.75 Å². The summed E-state index contributed by atoms with van der Waals surface area (Å²) in [5.74, 6) is 1.55. The molecular weight excluding hydrogens is 344 g/mol. The highest BCUT2D eigenvalue weighted by Crippen LogP contribution is 2.29. The molecule has 1 fully saturated rings. The standard InChI is InChI=1S/C20H26N4O3/c25-10-7-18-13-24(22-21-18)12-15-5-8-23(9-6-15)20(26)17-11-16-3-1-2-4-19(16)27-14-17/h1-4,13,15,17,25H,5-12,14H2.